The van der Waals surface area contributed by atoms with E-state index in [-0.39, 0.29) is 11.6 Å². The number of benzene rings is 2. The van der Waals surface area contributed by atoms with E-state index in [0.717, 1.165) is 25.0 Å². The number of carbonyl (C=O) groups excluding carboxylic acids is 1. The summed E-state index contributed by atoms with van der Waals surface area (Å²) in [4.78, 5) is 19.0. The summed E-state index contributed by atoms with van der Waals surface area (Å²) >= 11 is 0. The number of amides is 1. The summed E-state index contributed by atoms with van der Waals surface area (Å²) in [7, 11) is 0. The van der Waals surface area contributed by atoms with Gasteiger partial charge in [-0.05, 0) is 43.2 Å². The van der Waals surface area contributed by atoms with E-state index in [1.807, 2.05) is 6.20 Å². The Balaban J connectivity index is 1.49. The van der Waals surface area contributed by atoms with Gasteiger partial charge in [-0.2, -0.15) is 13.2 Å². The smallest absolute Gasteiger partial charge is 0.355 e. The zero-order chi connectivity index (χ0) is 21.1. The minimum Gasteiger partial charge on any atom is -0.355 e. The number of likely N-dealkylation sites (tertiary alicyclic amines) is 1. The van der Waals surface area contributed by atoms with Gasteiger partial charge in [0.2, 0.25) is 0 Å². The van der Waals surface area contributed by atoms with Crippen molar-refractivity contribution < 1.29 is 18.0 Å². The maximum absolute atomic E-state index is 13.1. The van der Waals surface area contributed by atoms with Gasteiger partial charge in [0.25, 0.3) is 5.91 Å². The topological polar surface area (TPSA) is 50.2 Å². The molecule has 2 heterocycles. The Hall–Kier alpha value is -3.29. The van der Waals surface area contributed by atoms with E-state index in [1.54, 1.807) is 47.8 Å². The predicted molar refractivity (Wildman–Crippen MR) is 108 cm³/mol. The summed E-state index contributed by atoms with van der Waals surface area (Å²) in [5.74, 6) is -0.130. The van der Waals surface area contributed by atoms with Gasteiger partial charge in [-0.25, -0.2) is 4.98 Å². The van der Waals surface area contributed by atoms with Gasteiger partial charge in [0.05, 0.1) is 23.1 Å². The molecule has 0 aliphatic carbocycles. The number of carbonyl (C=O) groups is 1. The van der Waals surface area contributed by atoms with Crippen molar-refractivity contribution in [1.82, 2.24) is 14.5 Å². The highest BCUT2D eigenvalue weighted by Crippen LogP contribution is 2.32. The molecular weight excluding hydrogens is 393 g/mol. The molecule has 156 valence electrons. The average molecular weight is 414 g/mol. The minimum atomic E-state index is -4.42. The Morgan fingerprint density at radius 2 is 1.83 bits per heavy atom. The third kappa shape index (κ3) is 4.32. The molecule has 1 aromatic heterocycles. The molecule has 0 saturated carbocycles. The molecule has 1 fully saturated rings. The van der Waals surface area contributed by atoms with Crippen LogP contribution in [0.1, 0.15) is 34.8 Å². The van der Waals surface area contributed by atoms with Crippen LogP contribution >= 0.6 is 0 Å². The molecule has 8 heteroatoms. The van der Waals surface area contributed by atoms with Crippen LogP contribution in [0.15, 0.2) is 67.3 Å². The van der Waals surface area contributed by atoms with Crippen molar-refractivity contribution in [3.05, 3.63) is 78.4 Å². The summed E-state index contributed by atoms with van der Waals surface area (Å²) in [5, 5.41) is 2.98. The Kier molecular flexibility index (Phi) is 5.48. The number of hydrogen-bond acceptors (Lipinski definition) is 3. The van der Waals surface area contributed by atoms with Gasteiger partial charge in [0.1, 0.15) is 0 Å². The molecular formula is C22H21F3N4O. The van der Waals surface area contributed by atoms with Gasteiger partial charge >= 0.3 is 6.18 Å². The molecule has 2 aromatic carbocycles. The number of imidazole rings is 1. The molecule has 1 aliphatic rings. The zero-order valence-electron chi connectivity index (χ0n) is 16.1. The van der Waals surface area contributed by atoms with Crippen LogP contribution in [0.2, 0.25) is 0 Å². The van der Waals surface area contributed by atoms with E-state index < -0.39 is 11.7 Å². The van der Waals surface area contributed by atoms with E-state index in [4.69, 9.17) is 0 Å². The monoisotopic (exact) mass is 414 g/mol. The Morgan fingerprint density at radius 3 is 2.53 bits per heavy atom. The lowest BCUT2D eigenvalue weighted by molar-refractivity contribution is -0.137. The Bertz CT molecular complexity index is 1010. The first kappa shape index (κ1) is 20.0. The van der Waals surface area contributed by atoms with E-state index in [1.165, 1.54) is 6.07 Å². The third-order valence-electron chi connectivity index (χ3n) is 5.32. The van der Waals surface area contributed by atoms with E-state index in [2.05, 4.69) is 14.9 Å². The SMILES string of the molecule is O=C(c1ccccc1Nc1cccc(C(F)(F)F)c1)N1CCC(n2ccnc2)CC1. The minimum absolute atomic E-state index is 0.130. The van der Waals surface area contributed by atoms with Gasteiger partial charge < -0.3 is 14.8 Å². The molecule has 0 atom stereocenters. The molecule has 30 heavy (non-hydrogen) atoms. The number of rotatable bonds is 4. The third-order valence-corrected chi connectivity index (χ3v) is 5.32. The van der Waals surface area contributed by atoms with Crippen molar-refractivity contribution in [3.63, 3.8) is 0 Å². The second-order valence-electron chi connectivity index (χ2n) is 7.28. The number of nitrogens with zero attached hydrogens (tertiary/aromatic N) is 3. The Morgan fingerprint density at radius 1 is 1.07 bits per heavy atom. The highest BCUT2D eigenvalue weighted by atomic mass is 19.4. The van der Waals surface area contributed by atoms with Crippen LogP contribution in [0.3, 0.4) is 0 Å². The summed E-state index contributed by atoms with van der Waals surface area (Å²) in [5.41, 5.74) is 0.469. The molecule has 4 rings (SSSR count). The molecule has 0 radical (unpaired) electrons. The van der Waals surface area contributed by atoms with Crippen LogP contribution in [-0.2, 0) is 6.18 Å². The largest absolute Gasteiger partial charge is 0.416 e. The number of piperidine rings is 1. The molecule has 1 N–H and O–H groups in total. The lowest BCUT2D eigenvalue weighted by atomic mass is 10.0. The summed E-state index contributed by atoms with van der Waals surface area (Å²) < 4.78 is 41.0. The lowest BCUT2D eigenvalue weighted by Gasteiger charge is -2.33. The first-order valence-corrected chi connectivity index (χ1v) is 9.72. The maximum atomic E-state index is 13.1. The van der Waals surface area contributed by atoms with Crippen molar-refractivity contribution in [2.45, 2.75) is 25.1 Å². The van der Waals surface area contributed by atoms with Gasteiger partial charge in [-0.15, -0.1) is 0 Å². The fraction of sp³-hybridized carbons (Fsp3) is 0.273. The highest BCUT2D eigenvalue weighted by molar-refractivity contribution is 6.00. The predicted octanol–water partition coefficient (Wildman–Crippen LogP) is 5.12. The number of nitrogens with one attached hydrogen (secondary N) is 1. The van der Waals surface area contributed by atoms with Gasteiger partial charge in [0.15, 0.2) is 0 Å². The van der Waals surface area contributed by atoms with E-state index >= 15 is 0 Å². The van der Waals surface area contributed by atoms with Crippen molar-refractivity contribution in [2.75, 3.05) is 18.4 Å². The van der Waals surface area contributed by atoms with Crippen LogP contribution in [0.5, 0.6) is 0 Å². The molecule has 5 nitrogen and oxygen atoms in total. The van der Waals surface area contributed by atoms with Gasteiger partial charge in [-0.3, -0.25) is 4.79 Å². The maximum Gasteiger partial charge on any atom is 0.416 e. The molecule has 0 bridgehead atoms. The zero-order valence-corrected chi connectivity index (χ0v) is 16.1. The number of anilines is 2. The van der Waals surface area contributed by atoms with Crippen LogP contribution in [-0.4, -0.2) is 33.4 Å². The van der Waals surface area contributed by atoms with E-state index in [0.29, 0.717) is 30.4 Å². The molecule has 1 aliphatic heterocycles. The molecule has 3 aromatic rings. The number of alkyl halides is 3. The summed E-state index contributed by atoms with van der Waals surface area (Å²) in [6, 6.07) is 12.2. The van der Waals surface area contributed by atoms with Crippen LogP contribution in [0.4, 0.5) is 24.5 Å². The highest BCUT2D eigenvalue weighted by Gasteiger charge is 2.30. The first-order valence-electron chi connectivity index (χ1n) is 9.72. The normalized spacial score (nSPS) is 15.2. The van der Waals surface area contributed by atoms with E-state index in [9.17, 15) is 18.0 Å². The molecule has 1 saturated heterocycles. The molecule has 1 amide bonds. The Labute approximate surface area is 172 Å². The number of hydrogen-bond donors (Lipinski definition) is 1. The number of halogens is 3. The fourth-order valence-electron chi connectivity index (χ4n) is 3.73. The standard InChI is InChI=1S/C22H21F3N4O/c23-22(24,25)16-4-3-5-17(14-16)27-20-7-2-1-6-19(20)21(30)28-11-8-18(9-12-28)29-13-10-26-15-29/h1-7,10,13-15,18,27H,8-9,11-12H2. The average Bonchev–Trinajstić information content (AvgIpc) is 3.28. The number of aromatic nitrogens is 2. The number of para-hydroxylation sites is 1. The summed E-state index contributed by atoms with van der Waals surface area (Å²) in [6.07, 6.45) is 2.68. The van der Waals surface area contributed by atoms with Crippen molar-refractivity contribution in [2.24, 2.45) is 0 Å². The van der Waals surface area contributed by atoms with Gasteiger partial charge in [0, 0.05) is 37.2 Å². The van der Waals surface area contributed by atoms with Crippen LogP contribution < -0.4 is 5.32 Å². The van der Waals surface area contributed by atoms with Gasteiger partial charge in [-0.1, -0.05) is 18.2 Å². The second-order valence-corrected chi connectivity index (χ2v) is 7.28. The summed E-state index contributed by atoms with van der Waals surface area (Å²) in [6.45, 7) is 1.22. The van der Waals surface area contributed by atoms with Crippen LogP contribution in [0, 0.1) is 0 Å². The van der Waals surface area contributed by atoms with Crippen molar-refractivity contribution >= 4 is 17.3 Å². The van der Waals surface area contributed by atoms with Crippen molar-refractivity contribution in [3.8, 4) is 0 Å². The molecule has 0 spiro atoms. The van der Waals surface area contributed by atoms with Crippen molar-refractivity contribution in [1.29, 1.82) is 0 Å². The lowest BCUT2D eigenvalue weighted by Crippen LogP contribution is -2.39. The van der Waals surface area contributed by atoms with Crippen LogP contribution in [0.25, 0.3) is 0 Å². The first-order chi connectivity index (χ1) is 14.4. The molecule has 0 unspecified atom stereocenters. The second kappa shape index (κ2) is 8.22. The fourth-order valence-corrected chi connectivity index (χ4v) is 3.73. The quantitative estimate of drug-likeness (QED) is 0.645.